The summed E-state index contributed by atoms with van der Waals surface area (Å²) in [5.74, 6) is 0. The topological polar surface area (TPSA) is 29.3 Å². The molecule has 0 aliphatic carbocycles. The highest BCUT2D eigenvalue weighted by Crippen LogP contribution is 2.31. The average molecular weight is 353 g/mol. The van der Waals surface area contributed by atoms with Crippen molar-refractivity contribution in [1.29, 1.82) is 0 Å². The number of hydrogen-bond acceptors (Lipinski definition) is 3. The van der Waals surface area contributed by atoms with Crippen molar-refractivity contribution in [2.75, 3.05) is 7.05 Å². The highest BCUT2D eigenvalue weighted by atomic mass is 79.9. The Kier molecular flexibility index (Phi) is 5.38. The van der Waals surface area contributed by atoms with Gasteiger partial charge >= 0.3 is 0 Å². The Balaban J connectivity index is 2.17. The average Bonchev–Trinajstić information content (AvgIpc) is 2.75. The van der Waals surface area contributed by atoms with Crippen LogP contribution in [0.4, 0.5) is 0 Å². The number of nitrogens with two attached hydrogens (primary N) is 1. The summed E-state index contributed by atoms with van der Waals surface area (Å²) in [6, 6.07) is 11.2. The van der Waals surface area contributed by atoms with Crippen LogP contribution in [0.25, 0.3) is 0 Å². The van der Waals surface area contributed by atoms with Gasteiger partial charge < -0.3 is 5.73 Å². The maximum atomic E-state index is 6.21. The molecular formula is C16H21BrN2S. The van der Waals surface area contributed by atoms with Crippen LogP contribution in [0, 0.1) is 6.92 Å². The van der Waals surface area contributed by atoms with Crippen molar-refractivity contribution in [3.63, 3.8) is 0 Å². The van der Waals surface area contributed by atoms with E-state index in [1.54, 1.807) is 11.3 Å². The van der Waals surface area contributed by atoms with Gasteiger partial charge in [0.15, 0.2) is 0 Å². The van der Waals surface area contributed by atoms with Gasteiger partial charge in [-0.15, -0.1) is 11.3 Å². The predicted molar refractivity (Wildman–Crippen MR) is 91.1 cm³/mol. The monoisotopic (exact) mass is 352 g/mol. The van der Waals surface area contributed by atoms with Gasteiger partial charge in [-0.3, -0.25) is 4.90 Å². The fourth-order valence-electron chi connectivity index (χ4n) is 2.56. The smallest absolute Gasteiger partial charge is 0.0591 e. The van der Waals surface area contributed by atoms with Crippen molar-refractivity contribution in [1.82, 2.24) is 4.90 Å². The molecule has 1 heterocycles. The molecule has 2 atom stereocenters. The van der Waals surface area contributed by atoms with Gasteiger partial charge in [-0.2, -0.15) is 0 Å². The maximum Gasteiger partial charge on any atom is 0.0591 e. The van der Waals surface area contributed by atoms with Crippen LogP contribution in [0.15, 0.2) is 40.2 Å². The molecule has 2 rings (SSSR count). The molecule has 2 nitrogen and oxygen atoms in total. The van der Waals surface area contributed by atoms with Crippen LogP contribution in [0.5, 0.6) is 0 Å². The lowest BCUT2D eigenvalue weighted by Gasteiger charge is -2.30. The number of benzene rings is 1. The van der Waals surface area contributed by atoms with Crippen LogP contribution < -0.4 is 5.73 Å². The second kappa shape index (κ2) is 6.85. The first-order valence-electron chi connectivity index (χ1n) is 6.72. The van der Waals surface area contributed by atoms with Crippen LogP contribution in [-0.2, 0) is 6.54 Å². The molecular weight excluding hydrogens is 332 g/mol. The summed E-state index contributed by atoms with van der Waals surface area (Å²) in [6.07, 6.45) is 0. The molecule has 0 amide bonds. The third kappa shape index (κ3) is 3.92. The summed E-state index contributed by atoms with van der Waals surface area (Å²) in [5.41, 5.74) is 8.84. The van der Waals surface area contributed by atoms with E-state index >= 15 is 0 Å². The summed E-state index contributed by atoms with van der Waals surface area (Å²) in [7, 11) is 2.14. The van der Waals surface area contributed by atoms with E-state index in [4.69, 9.17) is 5.73 Å². The van der Waals surface area contributed by atoms with E-state index in [-0.39, 0.29) is 12.1 Å². The minimum atomic E-state index is 0.0929. The first kappa shape index (κ1) is 15.7. The fourth-order valence-corrected chi connectivity index (χ4v) is 4.28. The summed E-state index contributed by atoms with van der Waals surface area (Å²) in [6.45, 7) is 5.11. The fraction of sp³-hybridized carbons (Fsp3) is 0.375. The highest BCUT2D eigenvalue weighted by Gasteiger charge is 2.22. The Hall–Kier alpha value is -0.680. The zero-order chi connectivity index (χ0) is 14.7. The lowest BCUT2D eigenvalue weighted by atomic mass is 10.1. The molecule has 1 aromatic carbocycles. The van der Waals surface area contributed by atoms with Crippen molar-refractivity contribution >= 4 is 27.3 Å². The molecule has 2 aromatic rings. The van der Waals surface area contributed by atoms with E-state index < -0.39 is 0 Å². The molecule has 0 spiro atoms. The Morgan fingerprint density at radius 2 is 2.10 bits per heavy atom. The Morgan fingerprint density at radius 1 is 1.35 bits per heavy atom. The lowest BCUT2D eigenvalue weighted by Crippen LogP contribution is -2.36. The predicted octanol–water partition coefficient (Wildman–Crippen LogP) is 4.34. The quantitative estimate of drug-likeness (QED) is 0.866. The van der Waals surface area contributed by atoms with Gasteiger partial charge in [-0.1, -0.05) is 29.8 Å². The Labute approximate surface area is 133 Å². The first-order valence-corrected chi connectivity index (χ1v) is 8.40. The summed E-state index contributed by atoms with van der Waals surface area (Å²) < 4.78 is 1.13. The van der Waals surface area contributed by atoms with Crippen LogP contribution in [-0.4, -0.2) is 18.0 Å². The van der Waals surface area contributed by atoms with E-state index in [0.29, 0.717) is 0 Å². The molecule has 4 heteroatoms. The molecule has 0 fully saturated rings. The van der Waals surface area contributed by atoms with Crippen molar-refractivity contribution in [2.24, 2.45) is 5.73 Å². The van der Waals surface area contributed by atoms with Gasteiger partial charge in [-0.25, -0.2) is 0 Å². The molecule has 0 saturated carbocycles. The largest absolute Gasteiger partial charge is 0.326 e. The number of aryl methyl sites for hydroxylation is 1. The first-order chi connectivity index (χ1) is 9.47. The molecule has 0 saturated heterocycles. The lowest BCUT2D eigenvalue weighted by molar-refractivity contribution is 0.214. The SMILES string of the molecule is Cc1cccc(CN(C)C(c2cc(Br)cs2)C(C)N)c1. The Bertz CT molecular complexity index is 565. The van der Waals surface area contributed by atoms with Gasteiger partial charge in [0, 0.05) is 27.3 Å². The van der Waals surface area contributed by atoms with Crippen molar-refractivity contribution in [3.8, 4) is 0 Å². The van der Waals surface area contributed by atoms with Gasteiger partial charge in [0.2, 0.25) is 0 Å². The molecule has 2 N–H and O–H groups in total. The number of nitrogens with zero attached hydrogens (tertiary/aromatic N) is 1. The van der Waals surface area contributed by atoms with E-state index in [1.807, 2.05) is 0 Å². The number of rotatable bonds is 5. The van der Waals surface area contributed by atoms with E-state index in [1.165, 1.54) is 16.0 Å². The molecule has 0 radical (unpaired) electrons. The summed E-state index contributed by atoms with van der Waals surface area (Å²) in [5, 5.41) is 2.12. The summed E-state index contributed by atoms with van der Waals surface area (Å²) >= 11 is 5.29. The van der Waals surface area contributed by atoms with Crippen LogP contribution in [0.2, 0.25) is 0 Å². The van der Waals surface area contributed by atoms with Crippen molar-refractivity contribution < 1.29 is 0 Å². The molecule has 1 aromatic heterocycles. The normalized spacial score (nSPS) is 14.5. The van der Waals surface area contributed by atoms with E-state index in [2.05, 4.69) is 77.4 Å². The highest BCUT2D eigenvalue weighted by molar-refractivity contribution is 9.10. The molecule has 0 aliphatic rings. The van der Waals surface area contributed by atoms with Crippen LogP contribution in [0.3, 0.4) is 0 Å². The number of likely N-dealkylation sites (N-methyl/N-ethyl adjacent to an activating group) is 1. The molecule has 0 aliphatic heterocycles. The van der Waals surface area contributed by atoms with Gasteiger partial charge in [0.05, 0.1) is 6.04 Å². The van der Waals surface area contributed by atoms with Gasteiger partial charge in [-0.05, 0) is 48.5 Å². The third-order valence-electron chi connectivity index (χ3n) is 3.37. The maximum absolute atomic E-state index is 6.21. The van der Waals surface area contributed by atoms with E-state index in [9.17, 15) is 0 Å². The molecule has 0 bridgehead atoms. The van der Waals surface area contributed by atoms with E-state index in [0.717, 1.165) is 11.0 Å². The third-order valence-corrected chi connectivity index (χ3v) is 5.13. The zero-order valence-corrected chi connectivity index (χ0v) is 14.5. The minimum absolute atomic E-state index is 0.0929. The standard InChI is InChI=1S/C16H21BrN2S/c1-11-5-4-6-13(7-11)9-19(3)16(12(2)18)15-8-14(17)10-20-15/h4-8,10,12,16H,9,18H2,1-3H3. The minimum Gasteiger partial charge on any atom is -0.326 e. The zero-order valence-electron chi connectivity index (χ0n) is 12.1. The molecule has 20 heavy (non-hydrogen) atoms. The van der Waals surface area contributed by atoms with Crippen molar-refractivity contribution in [3.05, 3.63) is 56.2 Å². The second-order valence-corrected chi connectivity index (χ2v) is 7.23. The van der Waals surface area contributed by atoms with Gasteiger partial charge in [0.25, 0.3) is 0 Å². The Morgan fingerprint density at radius 3 is 2.65 bits per heavy atom. The summed E-state index contributed by atoms with van der Waals surface area (Å²) in [4.78, 5) is 3.64. The molecule has 2 unspecified atom stereocenters. The molecule has 108 valence electrons. The number of hydrogen-bond donors (Lipinski definition) is 1. The van der Waals surface area contributed by atoms with Crippen LogP contribution >= 0.6 is 27.3 Å². The number of thiophene rings is 1. The van der Waals surface area contributed by atoms with Crippen LogP contribution in [0.1, 0.15) is 29.0 Å². The second-order valence-electron chi connectivity index (χ2n) is 5.38. The van der Waals surface area contributed by atoms with Gasteiger partial charge in [0.1, 0.15) is 0 Å². The van der Waals surface area contributed by atoms with Crippen molar-refractivity contribution in [2.45, 2.75) is 32.5 Å². The number of halogens is 1.